The van der Waals surface area contributed by atoms with Crippen molar-refractivity contribution in [2.45, 2.75) is 78.0 Å². The first-order chi connectivity index (χ1) is 8.56. The van der Waals surface area contributed by atoms with Crippen LogP contribution in [0, 0.1) is 11.8 Å². The van der Waals surface area contributed by atoms with Crippen LogP contribution < -0.4 is 5.32 Å². The summed E-state index contributed by atoms with van der Waals surface area (Å²) < 4.78 is 0. The van der Waals surface area contributed by atoms with Gasteiger partial charge in [-0.15, -0.1) is 0 Å². The SMILES string of the molecule is CCC1NC(C(C)C)N(C2CCCCC2C)C1=O. The second-order valence-electron chi connectivity index (χ2n) is 6.39. The molecule has 2 fully saturated rings. The van der Waals surface area contributed by atoms with Crippen LogP contribution in [-0.4, -0.2) is 29.1 Å². The maximum absolute atomic E-state index is 12.6. The fourth-order valence-electron chi connectivity index (χ4n) is 3.56. The van der Waals surface area contributed by atoms with Gasteiger partial charge in [0, 0.05) is 6.04 Å². The van der Waals surface area contributed by atoms with E-state index in [4.69, 9.17) is 0 Å². The highest BCUT2D eigenvalue weighted by atomic mass is 16.2. The molecule has 3 heteroatoms. The maximum Gasteiger partial charge on any atom is 0.241 e. The summed E-state index contributed by atoms with van der Waals surface area (Å²) in [6, 6.07) is 0.509. The van der Waals surface area contributed by atoms with E-state index in [9.17, 15) is 4.79 Å². The Balaban J connectivity index is 2.18. The topological polar surface area (TPSA) is 32.3 Å². The lowest BCUT2D eigenvalue weighted by Gasteiger charge is -2.40. The fraction of sp³-hybridized carbons (Fsp3) is 0.933. The smallest absolute Gasteiger partial charge is 0.241 e. The predicted octanol–water partition coefficient (Wildman–Crippen LogP) is 2.76. The molecule has 0 radical (unpaired) electrons. The standard InChI is InChI=1S/C15H28N2O/c1-5-12-15(18)17(14(16-12)10(2)3)13-9-7-6-8-11(13)4/h10-14,16H,5-9H2,1-4H3. The zero-order chi connectivity index (χ0) is 13.3. The van der Waals surface area contributed by atoms with Crippen LogP contribution in [0.2, 0.25) is 0 Å². The van der Waals surface area contributed by atoms with E-state index in [1.54, 1.807) is 0 Å². The lowest BCUT2D eigenvalue weighted by molar-refractivity contribution is -0.134. The number of amides is 1. The summed E-state index contributed by atoms with van der Waals surface area (Å²) in [4.78, 5) is 14.8. The van der Waals surface area contributed by atoms with Gasteiger partial charge in [0.25, 0.3) is 0 Å². The Kier molecular flexibility index (Phi) is 4.31. The molecule has 1 aliphatic heterocycles. The molecule has 1 saturated heterocycles. The van der Waals surface area contributed by atoms with Gasteiger partial charge in [-0.1, -0.05) is 40.5 Å². The van der Waals surface area contributed by atoms with Gasteiger partial charge in [-0.25, -0.2) is 0 Å². The summed E-state index contributed by atoms with van der Waals surface area (Å²) in [5.74, 6) is 1.48. The van der Waals surface area contributed by atoms with E-state index in [1.807, 2.05) is 0 Å². The van der Waals surface area contributed by atoms with Crippen molar-refractivity contribution >= 4 is 5.91 Å². The molecule has 18 heavy (non-hydrogen) atoms. The van der Waals surface area contributed by atoms with Crippen LogP contribution in [0.1, 0.15) is 59.8 Å². The largest absolute Gasteiger partial charge is 0.322 e. The molecule has 0 aromatic heterocycles. The second-order valence-corrected chi connectivity index (χ2v) is 6.39. The molecule has 1 aliphatic carbocycles. The highest BCUT2D eigenvalue weighted by molar-refractivity contribution is 5.84. The molecule has 2 rings (SSSR count). The highest BCUT2D eigenvalue weighted by Crippen LogP contribution is 2.33. The zero-order valence-corrected chi connectivity index (χ0v) is 12.3. The van der Waals surface area contributed by atoms with Gasteiger partial charge in [-0.05, 0) is 31.1 Å². The lowest BCUT2D eigenvalue weighted by Crippen LogP contribution is -2.50. The normalized spacial score (nSPS) is 37.6. The van der Waals surface area contributed by atoms with Gasteiger partial charge in [0.05, 0.1) is 12.2 Å². The Morgan fingerprint density at radius 3 is 2.56 bits per heavy atom. The molecule has 4 unspecified atom stereocenters. The number of nitrogens with one attached hydrogen (secondary N) is 1. The molecule has 2 aliphatic rings. The van der Waals surface area contributed by atoms with E-state index in [0.717, 1.165) is 6.42 Å². The van der Waals surface area contributed by atoms with Gasteiger partial charge in [0.2, 0.25) is 5.91 Å². The van der Waals surface area contributed by atoms with E-state index in [1.165, 1.54) is 25.7 Å². The first kappa shape index (κ1) is 13.9. The van der Waals surface area contributed by atoms with Crippen LogP contribution in [0.4, 0.5) is 0 Å². The van der Waals surface area contributed by atoms with Crippen LogP contribution in [-0.2, 0) is 4.79 Å². The Labute approximate surface area is 111 Å². The summed E-state index contributed by atoms with van der Waals surface area (Å²) in [5, 5.41) is 3.53. The van der Waals surface area contributed by atoms with Crippen molar-refractivity contribution in [2.75, 3.05) is 0 Å². The average Bonchev–Trinajstić information content (AvgIpc) is 2.67. The van der Waals surface area contributed by atoms with Gasteiger partial charge < -0.3 is 4.90 Å². The summed E-state index contributed by atoms with van der Waals surface area (Å²) in [7, 11) is 0. The molecular weight excluding hydrogens is 224 g/mol. The number of carbonyl (C=O) groups is 1. The molecule has 0 aromatic carbocycles. The summed E-state index contributed by atoms with van der Waals surface area (Å²) in [5.41, 5.74) is 0. The van der Waals surface area contributed by atoms with Gasteiger partial charge in [-0.3, -0.25) is 10.1 Å². The van der Waals surface area contributed by atoms with Crippen LogP contribution >= 0.6 is 0 Å². The van der Waals surface area contributed by atoms with E-state index in [0.29, 0.717) is 23.8 Å². The molecule has 1 N–H and O–H groups in total. The van der Waals surface area contributed by atoms with Gasteiger partial charge in [0.15, 0.2) is 0 Å². The Morgan fingerprint density at radius 1 is 1.33 bits per heavy atom. The molecule has 1 amide bonds. The minimum absolute atomic E-state index is 0.0477. The van der Waals surface area contributed by atoms with Crippen molar-refractivity contribution in [1.82, 2.24) is 10.2 Å². The Bertz CT molecular complexity index is 303. The predicted molar refractivity (Wildman–Crippen MR) is 74.1 cm³/mol. The van der Waals surface area contributed by atoms with Crippen molar-refractivity contribution in [2.24, 2.45) is 11.8 Å². The molecule has 0 bridgehead atoms. The van der Waals surface area contributed by atoms with Crippen molar-refractivity contribution in [3.05, 3.63) is 0 Å². The molecule has 0 spiro atoms. The molecular formula is C15H28N2O. The third-order valence-corrected chi connectivity index (χ3v) is 4.69. The van der Waals surface area contributed by atoms with Gasteiger partial charge in [0.1, 0.15) is 0 Å². The second kappa shape index (κ2) is 5.60. The van der Waals surface area contributed by atoms with E-state index in [-0.39, 0.29) is 12.2 Å². The molecule has 1 saturated carbocycles. The number of rotatable bonds is 3. The van der Waals surface area contributed by atoms with E-state index < -0.39 is 0 Å². The number of carbonyl (C=O) groups excluding carboxylic acids is 1. The van der Waals surface area contributed by atoms with Crippen molar-refractivity contribution in [1.29, 1.82) is 0 Å². The first-order valence-corrected chi connectivity index (χ1v) is 7.64. The van der Waals surface area contributed by atoms with E-state index in [2.05, 4.69) is 37.9 Å². The number of nitrogens with zero attached hydrogens (tertiary/aromatic N) is 1. The molecule has 4 atom stereocenters. The fourth-order valence-corrected chi connectivity index (χ4v) is 3.56. The van der Waals surface area contributed by atoms with Crippen LogP contribution in [0.25, 0.3) is 0 Å². The van der Waals surface area contributed by atoms with E-state index >= 15 is 0 Å². The van der Waals surface area contributed by atoms with Crippen LogP contribution in [0.15, 0.2) is 0 Å². The van der Waals surface area contributed by atoms with Crippen LogP contribution in [0.3, 0.4) is 0 Å². The summed E-state index contributed by atoms with van der Waals surface area (Å²) in [6.07, 6.45) is 6.22. The molecule has 3 nitrogen and oxygen atoms in total. The number of hydrogen-bond donors (Lipinski definition) is 1. The Morgan fingerprint density at radius 2 is 2.00 bits per heavy atom. The zero-order valence-electron chi connectivity index (χ0n) is 12.3. The van der Waals surface area contributed by atoms with Crippen molar-refractivity contribution < 1.29 is 4.79 Å². The lowest BCUT2D eigenvalue weighted by atomic mass is 9.84. The average molecular weight is 252 g/mol. The summed E-state index contributed by atoms with van der Waals surface area (Å²) in [6.45, 7) is 8.83. The summed E-state index contributed by atoms with van der Waals surface area (Å²) >= 11 is 0. The van der Waals surface area contributed by atoms with Crippen LogP contribution in [0.5, 0.6) is 0 Å². The molecule has 104 valence electrons. The molecule has 1 heterocycles. The molecule has 0 aromatic rings. The van der Waals surface area contributed by atoms with Crippen molar-refractivity contribution in [3.8, 4) is 0 Å². The minimum Gasteiger partial charge on any atom is -0.322 e. The van der Waals surface area contributed by atoms with Gasteiger partial charge >= 0.3 is 0 Å². The van der Waals surface area contributed by atoms with Crippen molar-refractivity contribution in [3.63, 3.8) is 0 Å². The third kappa shape index (κ3) is 2.42. The van der Waals surface area contributed by atoms with Gasteiger partial charge in [-0.2, -0.15) is 0 Å². The number of hydrogen-bond acceptors (Lipinski definition) is 2. The maximum atomic E-state index is 12.6. The first-order valence-electron chi connectivity index (χ1n) is 7.64. The quantitative estimate of drug-likeness (QED) is 0.837. The highest BCUT2D eigenvalue weighted by Gasteiger charge is 2.44. The third-order valence-electron chi connectivity index (χ3n) is 4.69. The monoisotopic (exact) mass is 252 g/mol. The minimum atomic E-state index is 0.0477. The Hall–Kier alpha value is -0.570.